The van der Waals surface area contributed by atoms with Crippen LogP contribution in [0, 0.1) is 0 Å². The largest absolute Gasteiger partial charge is 0.476 e. The number of hydrogen-bond donors (Lipinski definition) is 2. The van der Waals surface area contributed by atoms with Crippen LogP contribution >= 0.6 is 0 Å². The van der Waals surface area contributed by atoms with Crippen molar-refractivity contribution < 1.29 is 9.53 Å². The third-order valence-corrected chi connectivity index (χ3v) is 4.00. The third-order valence-electron chi connectivity index (χ3n) is 4.00. The number of nitrogens with two attached hydrogens (primary N) is 1. The van der Waals surface area contributed by atoms with Crippen molar-refractivity contribution in [2.45, 2.75) is 37.7 Å². The molecule has 0 aromatic heterocycles. The van der Waals surface area contributed by atoms with Crippen molar-refractivity contribution in [2.75, 3.05) is 11.9 Å². The van der Waals surface area contributed by atoms with Crippen LogP contribution in [-0.4, -0.2) is 18.1 Å². The Morgan fingerprint density at radius 1 is 1.39 bits per heavy atom. The van der Waals surface area contributed by atoms with E-state index in [0.717, 1.165) is 24.3 Å². The lowest BCUT2D eigenvalue weighted by Crippen LogP contribution is -2.45. The summed E-state index contributed by atoms with van der Waals surface area (Å²) in [4.78, 5) is 11.9. The van der Waals surface area contributed by atoms with Gasteiger partial charge in [0.1, 0.15) is 5.75 Å². The molecule has 0 radical (unpaired) electrons. The van der Waals surface area contributed by atoms with Crippen molar-refractivity contribution in [1.29, 1.82) is 0 Å². The average Bonchev–Trinajstić information content (AvgIpc) is 3.10. The minimum atomic E-state index is -0.806. The molecule has 0 atom stereocenters. The van der Waals surface area contributed by atoms with Crippen molar-refractivity contribution in [3.8, 4) is 5.75 Å². The van der Waals surface area contributed by atoms with E-state index in [4.69, 9.17) is 10.5 Å². The summed E-state index contributed by atoms with van der Waals surface area (Å²) < 4.78 is 5.71. The summed E-state index contributed by atoms with van der Waals surface area (Å²) in [6.45, 7) is 4.19. The Hall–Kier alpha value is -1.55. The van der Waals surface area contributed by atoms with Gasteiger partial charge in [-0.15, -0.1) is 0 Å². The molecule has 1 fully saturated rings. The van der Waals surface area contributed by atoms with Gasteiger partial charge in [-0.1, -0.05) is 6.07 Å². The van der Waals surface area contributed by atoms with Gasteiger partial charge in [-0.2, -0.15) is 0 Å². The number of rotatable bonds is 2. The summed E-state index contributed by atoms with van der Waals surface area (Å²) in [6, 6.07) is 6.00. The molecule has 1 aliphatic heterocycles. The molecule has 1 amide bonds. The highest BCUT2D eigenvalue weighted by Gasteiger charge is 2.44. The molecule has 1 aliphatic carbocycles. The van der Waals surface area contributed by atoms with Crippen LogP contribution in [0.5, 0.6) is 5.75 Å². The number of nitrogens with one attached hydrogen (secondary N) is 1. The van der Waals surface area contributed by atoms with Gasteiger partial charge in [-0.3, -0.25) is 4.79 Å². The zero-order chi connectivity index (χ0) is 13.0. The number of ether oxygens (including phenoxy) is 1. The smallest absolute Gasteiger partial charge is 0.268 e. The number of fused-ring (bicyclic) bond motifs is 1. The van der Waals surface area contributed by atoms with Crippen LogP contribution in [0.1, 0.15) is 32.3 Å². The first-order valence-corrected chi connectivity index (χ1v) is 6.32. The van der Waals surface area contributed by atoms with Crippen molar-refractivity contribution in [2.24, 2.45) is 5.73 Å². The van der Waals surface area contributed by atoms with E-state index in [-0.39, 0.29) is 11.3 Å². The summed E-state index contributed by atoms with van der Waals surface area (Å²) >= 11 is 0. The number of hydrogen-bond acceptors (Lipinski definition) is 3. The van der Waals surface area contributed by atoms with Crippen molar-refractivity contribution >= 4 is 11.6 Å². The van der Waals surface area contributed by atoms with Gasteiger partial charge < -0.3 is 15.8 Å². The Balaban J connectivity index is 1.98. The predicted octanol–water partition coefficient (Wildman–Crippen LogP) is 1.79. The molecular weight excluding hydrogens is 228 g/mol. The lowest BCUT2D eigenvalue weighted by Gasteiger charge is -2.32. The van der Waals surface area contributed by atoms with E-state index >= 15 is 0 Å². The monoisotopic (exact) mass is 246 g/mol. The maximum absolute atomic E-state index is 11.9. The molecular formula is C14H18N2O2. The van der Waals surface area contributed by atoms with Crippen molar-refractivity contribution in [1.82, 2.24) is 0 Å². The molecule has 0 unspecified atom stereocenters. The molecule has 3 rings (SSSR count). The summed E-state index contributed by atoms with van der Waals surface area (Å²) in [5.41, 5.74) is 7.12. The van der Waals surface area contributed by atoms with E-state index in [1.807, 2.05) is 12.1 Å². The number of carbonyl (C=O) groups excluding carboxylic acids is 1. The topological polar surface area (TPSA) is 64.3 Å². The summed E-state index contributed by atoms with van der Waals surface area (Å²) in [5.74, 6) is 0.626. The zero-order valence-electron chi connectivity index (χ0n) is 10.7. The molecule has 18 heavy (non-hydrogen) atoms. The average molecular weight is 246 g/mol. The first-order chi connectivity index (χ1) is 8.47. The van der Waals surface area contributed by atoms with E-state index in [1.165, 1.54) is 5.56 Å². The standard InChI is InChI=1S/C14H18N2O2/c1-13(2)12(17)16-10-7-9(3-4-11(10)18-13)14(8-15)5-6-14/h3-4,7H,5-6,8,15H2,1-2H3,(H,16,17). The summed E-state index contributed by atoms with van der Waals surface area (Å²) in [6.07, 6.45) is 2.26. The molecule has 4 nitrogen and oxygen atoms in total. The second kappa shape index (κ2) is 3.48. The number of anilines is 1. The minimum absolute atomic E-state index is 0.107. The third kappa shape index (κ3) is 1.60. The van der Waals surface area contributed by atoms with E-state index < -0.39 is 5.60 Å². The molecule has 4 heteroatoms. The quantitative estimate of drug-likeness (QED) is 0.836. The number of amides is 1. The second-order valence-electron chi connectivity index (χ2n) is 5.76. The Bertz CT molecular complexity index is 519. The molecule has 3 N–H and O–H groups in total. The molecule has 1 aromatic carbocycles. The zero-order valence-corrected chi connectivity index (χ0v) is 10.7. The van der Waals surface area contributed by atoms with Crippen LogP contribution in [0.3, 0.4) is 0 Å². The normalized spacial score (nSPS) is 22.7. The van der Waals surface area contributed by atoms with Gasteiger partial charge in [0.2, 0.25) is 0 Å². The summed E-state index contributed by atoms with van der Waals surface area (Å²) in [7, 11) is 0. The Morgan fingerprint density at radius 2 is 2.11 bits per heavy atom. The SMILES string of the molecule is CC1(C)Oc2ccc(C3(CN)CC3)cc2NC1=O. The lowest BCUT2D eigenvalue weighted by molar-refractivity contribution is -0.129. The molecule has 0 spiro atoms. The fourth-order valence-corrected chi connectivity index (χ4v) is 2.40. The highest BCUT2D eigenvalue weighted by atomic mass is 16.5. The van der Waals surface area contributed by atoms with Crippen LogP contribution < -0.4 is 15.8 Å². The van der Waals surface area contributed by atoms with Gasteiger partial charge >= 0.3 is 0 Å². The molecule has 1 heterocycles. The second-order valence-corrected chi connectivity index (χ2v) is 5.76. The fraction of sp³-hybridized carbons (Fsp3) is 0.500. The lowest BCUT2D eigenvalue weighted by atomic mass is 9.94. The van der Waals surface area contributed by atoms with Crippen LogP contribution in [0.15, 0.2) is 18.2 Å². The van der Waals surface area contributed by atoms with Crippen LogP contribution in [0.25, 0.3) is 0 Å². The molecule has 0 bridgehead atoms. The fourth-order valence-electron chi connectivity index (χ4n) is 2.40. The van der Waals surface area contributed by atoms with E-state index in [2.05, 4.69) is 11.4 Å². The molecule has 0 saturated heterocycles. The van der Waals surface area contributed by atoms with Gasteiger partial charge in [0.15, 0.2) is 5.60 Å². The van der Waals surface area contributed by atoms with Crippen LogP contribution in [-0.2, 0) is 10.2 Å². The van der Waals surface area contributed by atoms with Gasteiger partial charge in [-0.25, -0.2) is 0 Å². The van der Waals surface area contributed by atoms with Gasteiger partial charge in [0.05, 0.1) is 5.69 Å². The van der Waals surface area contributed by atoms with Crippen molar-refractivity contribution in [3.05, 3.63) is 23.8 Å². The van der Waals surface area contributed by atoms with E-state index in [0.29, 0.717) is 6.54 Å². The van der Waals surface area contributed by atoms with Gasteiger partial charge in [0.25, 0.3) is 5.91 Å². The van der Waals surface area contributed by atoms with Crippen molar-refractivity contribution in [3.63, 3.8) is 0 Å². The minimum Gasteiger partial charge on any atom is -0.476 e. The molecule has 96 valence electrons. The molecule has 1 aromatic rings. The van der Waals surface area contributed by atoms with E-state index in [9.17, 15) is 4.79 Å². The maximum atomic E-state index is 11.9. The molecule has 1 saturated carbocycles. The van der Waals surface area contributed by atoms with E-state index in [1.54, 1.807) is 13.8 Å². The van der Waals surface area contributed by atoms with Crippen LogP contribution in [0.4, 0.5) is 5.69 Å². The Kier molecular flexibility index (Phi) is 2.23. The van der Waals surface area contributed by atoms with Gasteiger partial charge in [-0.05, 0) is 44.4 Å². The number of carbonyl (C=O) groups is 1. The predicted molar refractivity (Wildman–Crippen MR) is 69.7 cm³/mol. The molecule has 2 aliphatic rings. The maximum Gasteiger partial charge on any atom is 0.268 e. The Labute approximate surface area is 107 Å². The number of benzene rings is 1. The van der Waals surface area contributed by atoms with Gasteiger partial charge in [0, 0.05) is 12.0 Å². The highest BCUT2D eigenvalue weighted by molar-refractivity contribution is 6.00. The highest BCUT2D eigenvalue weighted by Crippen LogP contribution is 2.49. The first kappa shape index (κ1) is 11.5. The van der Waals surface area contributed by atoms with Crippen LogP contribution in [0.2, 0.25) is 0 Å². The summed E-state index contributed by atoms with van der Waals surface area (Å²) in [5, 5.41) is 2.91. The first-order valence-electron chi connectivity index (χ1n) is 6.32. The Morgan fingerprint density at radius 3 is 2.72 bits per heavy atom.